The summed E-state index contributed by atoms with van der Waals surface area (Å²) in [4.78, 5) is 12.9. The molecule has 0 radical (unpaired) electrons. The molecule has 2 atom stereocenters. The fraction of sp³-hybridized carbons (Fsp3) is 0.350. The van der Waals surface area contributed by atoms with Gasteiger partial charge in [-0.2, -0.15) is 0 Å². The van der Waals surface area contributed by atoms with Gasteiger partial charge in [0.05, 0.1) is 24.5 Å². The van der Waals surface area contributed by atoms with E-state index in [9.17, 15) is 13.2 Å². The van der Waals surface area contributed by atoms with Crippen molar-refractivity contribution in [3.05, 3.63) is 47.0 Å². The number of sulfonamides is 1. The van der Waals surface area contributed by atoms with E-state index in [-0.39, 0.29) is 18.3 Å². The second-order valence-corrected chi connectivity index (χ2v) is 9.49. The van der Waals surface area contributed by atoms with Crippen LogP contribution in [0.3, 0.4) is 0 Å². The summed E-state index contributed by atoms with van der Waals surface area (Å²) in [7, 11) is -3.63. The van der Waals surface area contributed by atoms with Crippen LogP contribution in [0.1, 0.15) is 18.5 Å². The first kappa shape index (κ1) is 20.6. The number of rotatable bonds is 4. The van der Waals surface area contributed by atoms with Gasteiger partial charge in [0.25, 0.3) is 5.91 Å². The van der Waals surface area contributed by atoms with Gasteiger partial charge in [0, 0.05) is 5.02 Å². The maximum Gasteiger partial charge on any atom is 0.263 e. The zero-order chi connectivity index (χ0) is 21.5. The largest absolute Gasteiger partial charge is 0.486 e. The molecule has 0 unspecified atom stereocenters. The molecule has 0 bridgehead atoms. The molecule has 1 amide bonds. The molecule has 4 rings (SSSR count). The van der Waals surface area contributed by atoms with E-state index in [1.807, 2.05) is 19.1 Å². The Morgan fingerprint density at radius 2 is 1.83 bits per heavy atom. The van der Waals surface area contributed by atoms with Crippen molar-refractivity contribution < 1.29 is 27.4 Å². The molecule has 2 heterocycles. The minimum Gasteiger partial charge on any atom is -0.486 e. The van der Waals surface area contributed by atoms with Crippen LogP contribution in [0, 0.1) is 0 Å². The number of benzene rings is 2. The van der Waals surface area contributed by atoms with E-state index in [1.54, 1.807) is 18.2 Å². The molecule has 0 aliphatic carbocycles. The van der Waals surface area contributed by atoms with Crippen LogP contribution >= 0.6 is 11.6 Å². The van der Waals surface area contributed by atoms with E-state index in [0.29, 0.717) is 35.4 Å². The molecule has 10 heteroatoms. The number of amides is 1. The Morgan fingerprint density at radius 3 is 2.57 bits per heavy atom. The van der Waals surface area contributed by atoms with Gasteiger partial charge in [-0.3, -0.25) is 9.10 Å². The third kappa shape index (κ3) is 4.13. The standard InChI is InChI=1S/C20H21ClN2O6S/c1-12(13-3-5-17-18(9-13)28-8-7-27-17)22-20(24)19-11-23(30(2,25)26)15-10-14(21)4-6-16(15)29-19/h3-6,9-10,12,19H,7-8,11H2,1-2H3,(H,22,24)/t12-,19+/m1/s1. The van der Waals surface area contributed by atoms with Crippen LogP contribution in [0.5, 0.6) is 17.2 Å². The van der Waals surface area contributed by atoms with E-state index in [0.717, 1.165) is 16.1 Å². The summed E-state index contributed by atoms with van der Waals surface area (Å²) in [6.45, 7) is 2.65. The minimum atomic E-state index is -3.63. The van der Waals surface area contributed by atoms with Crippen molar-refractivity contribution in [3.8, 4) is 17.2 Å². The van der Waals surface area contributed by atoms with Crippen LogP contribution in [0.15, 0.2) is 36.4 Å². The number of ether oxygens (including phenoxy) is 3. The third-order valence-electron chi connectivity index (χ3n) is 4.91. The van der Waals surface area contributed by atoms with Crippen LogP contribution in [0.2, 0.25) is 5.02 Å². The Bertz CT molecular complexity index is 1090. The van der Waals surface area contributed by atoms with Gasteiger partial charge in [-0.25, -0.2) is 8.42 Å². The van der Waals surface area contributed by atoms with Crippen molar-refractivity contribution in [2.24, 2.45) is 0 Å². The number of fused-ring (bicyclic) bond motifs is 2. The predicted octanol–water partition coefficient (Wildman–Crippen LogP) is 2.52. The smallest absolute Gasteiger partial charge is 0.263 e. The molecule has 2 aromatic rings. The highest BCUT2D eigenvalue weighted by Gasteiger charge is 2.35. The fourth-order valence-electron chi connectivity index (χ4n) is 3.39. The van der Waals surface area contributed by atoms with Crippen molar-refractivity contribution in [2.45, 2.75) is 19.1 Å². The van der Waals surface area contributed by atoms with Crippen LogP contribution in [0.25, 0.3) is 0 Å². The highest BCUT2D eigenvalue weighted by atomic mass is 35.5. The number of carbonyl (C=O) groups excluding carboxylic acids is 1. The van der Waals surface area contributed by atoms with Crippen molar-refractivity contribution in [2.75, 3.05) is 30.3 Å². The molecule has 0 saturated heterocycles. The van der Waals surface area contributed by atoms with Crippen molar-refractivity contribution in [1.82, 2.24) is 5.32 Å². The van der Waals surface area contributed by atoms with E-state index in [4.69, 9.17) is 25.8 Å². The molecule has 2 aromatic carbocycles. The van der Waals surface area contributed by atoms with Crippen LogP contribution < -0.4 is 23.8 Å². The quantitative estimate of drug-likeness (QED) is 0.766. The van der Waals surface area contributed by atoms with E-state index in [1.165, 1.54) is 6.07 Å². The number of hydrogen-bond acceptors (Lipinski definition) is 6. The molecule has 0 fully saturated rings. The topological polar surface area (TPSA) is 94.2 Å². The third-order valence-corrected chi connectivity index (χ3v) is 6.29. The van der Waals surface area contributed by atoms with Gasteiger partial charge in [-0.15, -0.1) is 0 Å². The Kier molecular flexibility index (Phi) is 5.42. The summed E-state index contributed by atoms with van der Waals surface area (Å²) < 4.78 is 42.6. The second kappa shape index (κ2) is 7.88. The Morgan fingerprint density at radius 1 is 1.13 bits per heavy atom. The zero-order valence-electron chi connectivity index (χ0n) is 16.4. The molecule has 0 aromatic heterocycles. The first-order valence-electron chi connectivity index (χ1n) is 9.36. The number of halogens is 1. The normalized spacial score (nSPS) is 18.8. The number of nitrogens with one attached hydrogen (secondary N) is 1. The first-order valence-corrected chi connectivity index (χ1v) is 11.6. The Hall–Kier alpha value is -2.65. The van der Waals surface area contributed by atoms with Crippen LogP contribution in [-0.4, -0.2) is 46.4 Å². The Balaban J connectivity index is 1.53. The summed E-state index contributed by atoms with van der Waals surface area (Å²) >= 11 is 6.00. The Labute approximate surface area is 179 Å². The second-order valence-electron chi connectivity index (χ2n) is 7.15. The monoisotopic (exact) mass is 452 g/mol. The first-order chi connectivity index (χ1) is 14.2. The van der Waals surface area contributed by atoms with Crippen molar-refractivity contribution in [3.63, 3.8) is 0 Å². The molecule has 2 aliphatic rings. The summed E-state index contributed by atoms with van der Waals surface area (Å²) in [6.07, 6.45) is 0.0727. The molecule has 1 N–H and O–H groups in total. The average molecular weight is 453 g/mol. The van der Waals surface area contributed by atoms with E-state index in [2.05, 4.69) is 5.32 Å². The molecular formula is C20H21ClN2O6S. The maximum atomic E-state index is 12.9. The molecule has 160 valence electrons. The lowest BCUT2D eigenvalue weighted by molar-refractivity contribution is -0.128. The zero-order valence-corrected chi connectivity index (χ0v) is 18.0. The highest BCUT2D eigenvalue weighted by Crippen LogP contribution is 2.37. The number of carbonyl (C=O) groups is 1. The lowest BCUT2D eigenvalue weighted by atomic mass is 10.1. The fourth-order valence-corrected chi connectivity index (χ4v) is 4.47. The van der Waals surface area contributed by atoms with Gasteiger partial charge in [-0.1, -0.05) is 17.7 Å². The van der Waals surface area contributed by atoms with Crippen LogP contribution in [-0.2, 0) is 14.8 Å². The minimum absolute atomic E-state index is 0.147. The summed E-state index contributed by atoms with van der Waals surface area (Å²) in [6, 6.07) is 9.76. The van der Waals surface area contributed by atoms with E-state index >= 15 is 0 Å². The molecule has 30 heavy (non-hydrogen) atoms. The summed E-state index contributed by atoms with van der Waals surface area (Å²) in [5.74, 6) is 1.15. The highest BCUT2D eigenvalue weighted by molar-refractivity contribution is 7.92. The predicted molar refractivity (Wildman–Crippen MR) is 112 cm³/mol. The van der Waals surface area contributed by atoms with Gasteiger partial charge in [0.2, 0.25) is 10.0 Å². The maximum absolute atomic E-state index is 12.9. The van der Waals surface area contributed by atoms with Crippen molar-refractivity contribution >= 4 is 33.2 Å². The SMILES string of the molecule is C[C@@H](NC(=O)[C@@H]1CN(S(C)(=O)=O)c2cc(Cl)ccc2O1)c1ccc2c(c1)OCCO2. The van der Waals surface area contributed by atoms with Crippen molar-refractivity contribution in [1.29, 1.82) is 0 Å². The van der Waals surface area contributed by atoms with Gasteiger partial charge < -0.3 is 19.5 Å². The van der Waals surface area contributed by atoms with Gasteiger partial charge in [0.15, 0.2) is 17.6 Å². The van der Waals surface area contributed by atoms with Gasteiger partial charge in [0.1, 0.15) is 19.0 Å². The molecule has 8 nitrogen and oxygen atoms in total. The number of hydrogen-bond donors (Lipinski definition) is 1. The number of nitrogens with zero attached hydrogens (tertiary/aromatic N) is 1. The van der Waals surface area contributed by atoms with Gasteiger partial charge in [-0.05, 0) is 42.8 Å². The van der Waals surface area contributed by atoms with Gasteiger partial charge >= 0.3 is 0 Å². The molecule has 0 saturated carbocycles. The van der Waals surface area contributed by atoms with E-state index < -0.39 is 22.0 Å². The lowest BCUT2D eigenvalue weighted by Gasteiger charge is -2.34. The summed E-state index contributed by atoms with van der Waals surface area (Å²) in [5.41, 5.74) is 1.14. The average Bonchev–Trinajstić information content (AvgIpc) is 2.71. The molecular weight excluding hydrogens is 432 g/mol. The number of anilines is 1. The van der Waals surface area contributed by atoms with Crippen LogP contribution in [0.4, 0.5) is 5.69 Å². The lowest BCUT2D eigenvalue weighted by Crippen LogP contribution is -2.50. The summed E-state index contributed by atoms with van der Waals surface area (Å²) in [5, 5.41) is 3.26. The molecule has 2 aliphatic heterocycles. The molecule has 0 spiro atoms.